The van der Waals surface area contributed by atoms with Crippen LogP contribution in [0.2, 0.25) is 0 Å². The Morgan fingerprint density at radius 1 is 1.47 bits per heavy atom. The summed E-state index contributed by atoms with van der Waals surface area (Å²) in [6.45, 7) is 4.05. The van der Waals surface area contributed by atoms with E-state index in [1.54, 1.807) is 6.92 Å². The number of nitrogens with zero attached hydrogens (tertiary/aromatic N) is 2. The number of aryl methyl sites for hydroxylation is 2. The van der Waals surface area contributed by atoms with Gasteiger partial charge in [0.2, 0.25) is 5.91 Å². The number of carbonyl (C=O) groups is 2. The Morgan fingerprint density at radius 2 is 2.20 bits per heavy atom. The molecule has 0 aliphatic carbocycles. The van der Waals surface area contributed by atoms with Crippen LogP contribution < -0.4 is 5.32 Å². The second kappa shape index (κ2) is 3.38. The summed E-state index contributed by atoms with van der Waals surface area (Å²) in [6, 6.07) is -0.361. The molecule has 1 aromatic heterocycles. The maximum absolute atomic E-state index is 11.3. The van der Waals surface area contributed by atoms with Crippen molar-refractivity contribution in [1.29, 1.82) is 0 Å². The van der Waals surface area contributed by atoms with Crippen LogP contribution in [0.1, 0.15) is 17.0 Å². The molecule has 0 radical (unpaired) electrons. The molecule has 6 nitrogen and oxygen atoms in total. The molecule has 15 heavy (non-hydrogen) atoms. The van der Waals surface area contributed by atoms with Gasteiger partial charge in [-0.1, -0.05) is 5.16 Å². The van der Waals surface area contributed by atoms with Gasteiger partial charge in [-0.15, -0.1) is 0 Å². The minimum absolute atomic E-state index is 0.100. The Morgan fingerprint density at radius 3 is 2.67 bits per heavy atom. The SMILES string of the molecule is Cc1noc(C)c1CN1CC(=O)NC1=O. The average Bonchev–Trinajstić information content (AvgIpc) is 2.63. The monoisotopic (exact) mass is 209 g/mol. The van der Waals surface area contributed by atoms with Gasteiger partial charge in [0.05, 0.1) is 12.2 Å². The number of amides is 3. The first-order valence-corrected chi connectivity index (χ1v) is 4.58. The van der Waals surface area contributed by atoms with Crippen molar-refractivity contribution in [3.05, 3.63) is 17.0 Å². The first kappa shape index (κ1) is 9.70. The molecule has 1 N–H and O–H groups in total. The van der Waals surface area contributed by atoms with Gasteiger partial charge in [0.1, 0.15) is 12.3 Å². The summed E-state index contributed by atoms with van der Waals surface area (Å²) in [5.41, 5.74) is 1.61. The molecule has 6 heteroatoms. The number of imide groups is 1. The van der Waals surface area contributed by atoms with Crippen LogP contribution in [0.4, 0.5) is 4.79 Å². The van der Waals surface area contributed by atoms with E-state index in [-0.39, 0.29) is 18.5 Å². The zero-order valence-corrected chi connectivity index (χ0v) is 8.53. The van der Waals surface area contributed by atoms with Crippen LogP contribution in [0.5, 0.6) is 0 Å². The quantitative estimate of drug-likeness (QED) is 0.713. The zero-order chi connectivity index (χ0) is 11.0. The first-order valence-electron chi connectivity index (χ1n) is 4.58. The molecule has 2 heterocycles. The highest BCUT2D eigenvalue weighted by atomic mass is 16.5. The number of carbonyl (C=O) groups excluding carboxylic acids is 2. The van der Waals surface area contributed by atoms with Gasteiger partial charge in [-0.2, -0.15) is 0 Å². The second-order valence-electron chi connectivity index (χ2n) is 3.51. The van der Waals surface area contributed by atoms with Crippen LogP contribution >= 0.6 is 0 Å². The number of urea groups is 1. The van der Waals surface area contributed by atoms with E-state index in [9.17, 15) is 9.59 Å². The zero-order valence-electron chi connectivity index (χ0n) is 8.53. The highest BCUT2D eigenvalue weighted by Crippen LogP contribution is 2.15. The van der Waals surface area contributed by atoms with E-state index in [0.29, 0.717) is 12.3 Å². The van der Waals surface area contributed by atoms with Gasteiger partial charge in [0.25, 0.3) is 0 Å². The van der Waals surface area contributed by atoms with Gasteiger partial charge in [0.15, 0.2) is 0 Å². The lowest BCUT2D eigenvalue weighted by Crippen LogP contribution is -2.28. The first-order chi connectivity index (χ1) is 7.08. The molecule has 0 saturated carbocycles. The largest absolute Gasteiger partial charge is 0.361 e. The molecule has 1 aliphatic heterocycles. The van der Waals surface area contributed by atoms with Gasteiger partial charge in [-0.3, -0.25) is 10.1 Å². The summed E-state index contributed by atoms with van der Waals surface area (Å²) in [5.74, 6) is 0.409. The normalized spacial score (nSPS) is 16.0. The summed E-state index contributed by atoms with van der Waals surface area (Å²) in [6.07, 6.45) is 0. The van der Waals surface area contributed by atoms with E-state index >= 15 is 0 Å². The van der Waals surface area contributed by atoms with E-state index in [4.69, 9.17) is 4.52 Å². The van der Waals surface area contributed by atoms with E-state index in [1.807, 2.05) is 6.92 Å². The lowest BCUT2D eigenvalue weighted by atomic mass is 10.2. The lowest BCUT2D eigenvalue weighted by molar-refractivity contribution is -0.118. The summed E-state index contributed by atoms with van der Waals surface area (Å²) >= 11 is 0. The van der Waals surface area contributed by atoms with Crippen molar-refractivity contribution in [2.45, 2.75) is 20.4 Å². The predicted octanol–water partition coefficient (Wildman–Crippen LogP) is 0.343. The molecule has 0 bridgehead atoms. The highest BCUT2D eigenvalue weighted by Gasteiger charge is 2.28. The van der Waals surface area contributed by atoms with Crippen molar-refractivity contribution >= 4 is 11.9 Å². The third-order valence-electron chi connectivity index (χ3n) is 2.40. The summed E-state index contributed by atoms with van der Waals surface area (Å²) < 4.78 is 4.97. The van der Waals surface area contributed by atoms with Crippen molar-refractivity contribution < 1.29 is 14.1 Å². The Kier molecular flexibility index (Phi) is 2.18. The molecule has 1 aromatic rings. The number of hydrogen-bond donors (Lipinski definition) is 1. The Balaban J connectivity index is 2.16. The number of rotatable bonds is 2. The van der Waals surface area contributed by atoms with Gasteiger partial charge >= 0.3 is 6.03 Å². The van der Waals surface area contributed by atoms with Crippen molar-refractivity contribution in [3.63, 3.8) is 0 Å². The Hall–Kier alpha value is -1.85. The van der Waals surface area contributed by atoms with E-state index in [0.717, 1.165) is 11.3 Å². The predicted molar refractivity (Wildman–Crippen MR) is 49.9 cm³/mol. The third kappa shape index (κ3) is 1.70. The number of aromatic nitrogens is 1. The number of nitrogens with one attached hydrogen (secondary N) is 1. The van der Waals surface area contributed by atoms with E-state index in [1.165, 1.54) is 4.90 Å². The van der Waals surface area contributed by atoms with Crippen LogP contribution in [-0.4, -0.2) is 28.5 Å². The van der Waals surface area contributed by atoms with Crippen LogP contribution in [0.15, 0.2) is 4.52 Å². The van der Waals surface area contributed by atoms with Gasteiger partial charge in [-0.25, -0.2) is 4.79 Å². The van der Waals surface area contributed by atoms with Crippen molar-refractivity contribution in [1.82, 2.24) is 15.4 Å². The molecule has 80 valence electrons. The van der Waals surface area contributed by atoms with Crippen molar-refractivity contribution in [2.75, 3.05) is 6.54 Å². The molecule has 0 spiro atoms. The van der Waals surface area contributed by atoms with E-state index in [2.05, 4.69) is 10.5 Å². The molecule has 0 unspecified atom stereocenters. The fourth-order valence-electron chi connectivity index (χ4n) is 1.53. The minimum Gasteiger partial charge on any atom is -0.361 e. The molecule has 1 saturated heterocycles. The summed E-state index contributed by atoms with van der Waals surface area (Å²) in [5, 5.41) is 6.00. The van der Waals surface area contributed by atoms with Crippen molar-refractivity contribution in [3.8, 4) is 0 Å². The van der Waals surface area contributed by atoms with Gasteiger partial charge < -0.3 is 9.42 Å². The lowest BCUT2D eigenvalue weighted by Gasteiger charge is -2.11. The van der Waals surface area contributed by atoms with Crippen LogP contribution in [0.3, 0.4) is 0 Å². The molecule has 3 amide bonds. The number of hydrogen-bond acceptors (Lipinski definition) is 4. The standard InChI is InChI=1S/C9H11N3O3/c1-5-7(6(2)15-11-5)3-12-4-8(13)10-9(12)14/h3-4H2,1-2H3,(H,10,13,14). The maximum Gasteiger partial charge on any atom is 0.324 e. The molecule has 0 atom stereocenters. The molecular formula is C9H11N3O3. The van der Waals surface area contributed by atoms with E-state index < -0.39 is 0 Å². The fraction of sp³-hybridized carbons (Fsp3) is 0.444. The molecule has 1 aliphatic rings. The fourth-order valence-corrected chi connectivity index (χ4v) is 1.53. The second-order valence-corrected chi connectivity index (χ2v) is 3.51. The van der Waals surface area contributed by atoms with Crippen molar-refractivity contribution in [2.24, 2.45) is 0 Å². The summed E-state index contributed by atoms with van der Waals surface area (Å²) in [4.78, 5) is 23.7. The highest BCUT2D eigenvalue weighted by molar-refractivity contribution is 6.01. The smallest absolute Gasteiger partial charge is 0.324 e. The molecule has 2 rings (SSSR count). The molecular weight excluding hydrogens is 198 g/mol. The van der Waals surface area contributed by atoms with Gasteiger partial charge in [0, 0.05) is 5.56 Å². The average molecular weight is 209 g/mol. The Labute approximate surface area is 86.2 Å². The Bertz CT molecular complexity index is 405. The summed E-state index contributed by atoms with van der Waals surface area (Å²) in [7, 11) is 0. The van der Waals surface area contributed by atoms with Crippen LogP contribution in [-0.2, 0) is 11.3 Å². The molecule has 0 aromatic carbocycles. The maximum atomic E-state index is 11.3. The minimum atomic E-state index is -0.361. The van der Waals surface area contributed by atoms with Gasteiger partial charge in [-0.05, 0) is 13.8 Å². The third-order valence-corrected chi connectivity index (χ3v) is 2.40. The van der Waals surface area contributed by atoms with Crippen LogP contribution in [0, 0.1) is 13.8 Å². The molecule has 1 fully saturated rings. The topological polar surface area (TPSA) is 75.4 Å². The van der Waals surface area contributed by atoms with Crippen LogP contribution in [0.25, 0.3) is 0 Å².